The monoisotopic (exact) mass is 277 g/mol. The largest absolute Gasteiger partial charge is 0.479 e. The minimum absolute atomic E-state index is 0.00698. The highest BCUT2D eigenvalue weighted by molar-refractivity contribution is 5.66. The van der Waals surface area contributed by atoms with Crippen LogP contribution in [0.5, 0.6) is 5.75 Å². The molecule has 0 saturated carbocycles. The number of benzene rings is 1. The van der Waals surface area contributed by atoms with Gasteiger partial charge in [-0.1, -0.05) is 12.1 Å². The smallest absolute Gasteiger partial charge is 0.422 e. The fourth-order valence-electron chi connectivity index (χ4n) is 1.38. The average molecular weight is 277 g/mol. The van der Waals surface area contributed by atoms with Crippen LogP contribution in [0, 0.1) is 11.3 Å². The molecule has 0 unspecified atom stereocenters. The molecule has 0 saturated heterocycles. The number of carbonyl (C=O) groups is 1. The maximum Gasteiger partial charge on any atom is 0.422 e. The predicted octanol–water partition coefficient (Wildman–Crippen LogP) is 2.12. The first-order valence-electron chi connectivity index (χ1n) is 6.21. The molecule has 1 aromatic carbocycles. The minimum atomic E-state index is -0.533. The number of ether oxygens (including phenoxy) is 2. The molecule has 1 amide bonds. The van der Waals surface area contributed by atoms with Crippen molar-refractivity contribution < 1.29 is 14.3 Å². The van der Waals surface area contributed by atoms with Crippen LogP contribution in [0.15, 0.2) is 24.3 Å². The maximum absolute atomic E-state index is 11.4. The summed E-state index contributed by atoms with van der Waals surface area (Å²) in [5, 5.41) is 8.44. The Hall–Kier alpha value is -2.26. The van der Waals surface area contributed by atoms with Gasteiger partial charge in [-0.2, -0.15) is 5.26 Å². The zero-order chi connectivity index (χ0) is 15.0. The number of nitriles is 1. The van der Waals surface area contributed by atoms with E-state index in [1.807, 2.05) is 18.2 Å². The Kier molecular flexibility index (Phi) is 5.81. The van der Waals surface area contributed by atoms with Gasteiger partial charge in [0.25, 0.3) is 0 Å². The standard InChI is InChI=1S/C14H19N3O3/c1-14(2,3)20-13(18)17-16-10-11-5-4-6-12(9-11)19-8-7-15/h4-6,9,16H,8,10H2,1-3H3,(H,17,18). The predicted molar refractivity (Wildman–Crippen MR) is 73.8 cm³/mol. The van der Waals surface area contributed by atoms with Gasteiger partial charge in [-0.25, -0.2) is 10.2 Å². The Morgan fingerprint density at radius 2 is 2.15 bits per heavy atom. The van der Waals surface area contributed by atoms with Gasteiger partial charge in [0.05, 0.1) is 0 Å². The summed E-state index contributed by atoms with van der Waals surface area (Å²) < 4.78 is 10.3. The molecule has 0 spiro atoms. The number of carbonyl (C=O) groups excluding carboxylic acids is 1. The van der Waals surface area contributed by atoms with E-state index in [0.29, 0.717) is 12.3 Å². The number of nitrogens with one attached hydrogen (secondary N) is 2. The quantitative estimate of drug-likeness (QED) is 0.805. The van der Waals surface area contributed by atoms with Crippen LogP contribution in [0.3, 0.4) is 0 Å². The molecule has 0 aliphatic heterocycles. The van der Waals surface area contributed by atoms with E-state index in [2.05, 4.69) is 10.9 Å². The molecule has 20 heavy (non-hydrogen) atoms. The van der Waals surface area contributed by atoms with Crippen molar-refractivity contribution in [1.82, 2.24) is 10.9 Å². The lowest BCUT2D eigenvalue weighted by atomic mass is 10.2. The summed E-state index contributed by atoms with van der Waals surface area (Å²) in [6, 6.07) is 9.16. The first-order chi connectivity index (χ1) is 9.40. The molecule has 1 aromatic rings. The second-order valence-corrected chi connectivity index (χ2v) is 5.07. The van der Waals surface area contributed by atoms with E-state index >= 15 is 0 Å². The summed E-state index contributed by atoms with van der Waals surface area (Å²) in [5.41, 5.74) is 5.59. The zero-order valence-corrected chi connectivity index (χ0v) is 11.9. The molecule has 0 aromatic heterocycles. The Morgan fingerprint density at radius 1 is 1.40 bits per heavy atom. The first-order valence-corrected chi connectivity index (χ1v) is 6.21. The highest BCUT2D eigenvalue weighted by atomic mass is 16.6. The molecular weight excluding hydrogens is 258 g/mol. The van der Waals surface area contributed by atoms with Gasteiger partial charge in [-0.05, 0) is 38.5 Å². The number of hydrogen-bond acceptors (Lipinski definition) is 5. The topological polar surface area (TPSA) is 83.4 Å². The Labute approximate surface area is 118 Å². The molecule has 2 N–H and O–H groups in total. The molecule has 6 nitrogen and oxygen atoms in total. The zero-order valence-electron chi connectivity index (χ0n) is 11.9. The van der Waals surface area contributed by atoms with Gasteiger partial charge in [0.2, 0.25) is 0 Å². The average Bonchev–Trinajstić information content (AvgIpc) is 2.34. The van der Waals surface area contributed by atoms with E-state index in [4.69, 9.17) is 14.7 Å². The molecule has 0 radical (unpaired) electrons. The summed E-state index contributed by atoms with van der Waals surface area (Å²) in [7, 11) is 0. The lowest BCUT2D eigenvalue weighted by Crippen LogP contribution is -2.40. The molecule has 0 aliphatic rings. The molecule has 0 aliphatic carbocycles. The number of rotatable bonds is 5. The molecule has 1 rings (SSSR count). The number of hydrogen-bond donors (Lipinski definition) is 2. The normalized spacial score (nSPS) is 10.5. The van der Waals surface area contributed by atoms with E-state index in [1.54, 1.807) is 32.9 Å². The van der Waals surface area contributed by atoms with Crippen molar-refractivity contribution in [2.75, 3.05) is 6.61 Å². The number of hydrazine groups is 1. The fourth-order valence-corrected chi connectivity index (χ4v) is 1.38. The fraction of sp³-hybridized carbons (Fsp3) is 0.429. The van der Waals surface area contributed by atoms with E-state index < -0.39 is 11.7 Å². The molecule has 0 fully saturated rings. The van der Waals surface area contributed by atoms with Crippen molar-refractivity contribution in [1.29, 1.82) is 5.26 Å². The lowest BCUT2D eigenvalue weighted by molar-refractivity contribution is 0.0497. The van der Waals surface area contributed by atoms with Crippen LogP contribution in [0.2, 0.25) is 0 Å². The van der Waals surface area contributed by atoms with Crippen molar-refractivity contribution in [3.8, 4) is 11.8 Å². The third kappa shape index (κ3) is 6.61. The summed E-state index contributed by atoms with van der Waals surface area (Å²) in [4.78, 5) is 11.4. The van der Waals surface area contributed by atoms with Gasteiger partial charge < -0.3 is 9.47 Å². The molecule has 0 bridgehead atoms. The Morgan fingerprint density at radius 3 is 2.80 bits per heavy atom. The summed E-state index contributed by atoms with van der Waals surface area (Å²) >= 11 is 0. The van der Waals surface area contributed by atoms with Crippen LogP contribution in [0.1, 0.15) is 26.3 Å². The molecule has 6 heteroatoms. The Bertz CT molecular complexity index is 489. The molecule has 0 heterocycles. The summed E-state index contributed by atoms with van der Waals surface area (Å²) in [5.74, 6) is 0.614. The van der Waals surface area contributed by atoms with Gasteiger partial charge in [0.1, 0.15) is 17.4 Å². The van der Waals surface area contributed by atoms with E-state index in [0.717, 1.165) is 5.56 Å². The van der Waals surface area contributed by atoms with Crippen molar-refractivity contribution >= 4 is 6.09 Å². The SMILES string of the molecule is CC(C)(C)OC(=O)NNCc1cccc(OCC#N)c1. The second kappa shape index (κ2) is 7.36. The molecule has 0 atom stereocenters. The van der Waals surface area contributed by atoms with Crippen LogP contribution in [0.25, 0.3) is 0 Å². The number of amides is 1. The van der Waals surface area contributed by atoms with Crippen LogP contribution < -0.4 is 15.6 Å². The van der Waals surface area contributed by atoms with E-state index in [1.165, 1.54) is 0 Å². The van der Waals surface area contributed by atoms with Gasteiger partial charge in [-0.15, -0.1) is 0 Å². The second-order valence-electron chi connectivity index (χ2n) is 5.07. The van der Waals surface area contributed by atoms with Crippen LogP contribution in [-0.4, -0.2) is 18.3 Å². The van der Waals surface area contributed by atoms with Gasteiger partial charge >= 0.3 is 6.09 Å². The molecule has 108 valence electrons. The van der Waals surface area contributed by atoms with Crippen molar-refractivity contribution in [2.45, 2.75) is 32.9 Å². The van der Waals surface area contributed by atoms with Crippen LogP contribution >= 0.6 is 0 Å². The van der Waals surface area contributed by atoms with Crippen molar-refractivity contribution in [3.63, 3.8) is 0 Å². The van der Waals surface area contributed by atoms with Crippen molar-refractivity contribution in [2.24, 2.45) is 0 Å². The highest BCUT2D eigenvalue weighted by Gasteiger charge is 2.15. The van der Waals surface area contributed by atoms with E-state index in [-0.39, 0.29) is 6.61 Å². The highest BCUT2D eigenvalue weighted by Crippen LogP contribution is 2.12. The van der Waals surface area contributed by atoms with E-state index in [9.17, 15) is 4.79 Å². The van der Waals surface area contributed by atoms with Gasteiger partial charge in [-0.3, -0.25) is 5.43 Å². The van der Waals surface area contributed by atoms with Gasteiger partial charge in [0, 0.05) is 6.54 Å². The number of nitrogens with zero attached hydrogens (tertiary/aromatic N) is 1. The van der Waals surface area contributed by atoms with Crippen molar-refractivity contribution in [3.05, 3.63) is 29.8 Å². The minimum Gasteiger partial charge on any atom is -0.479 e. The lowest BCUT2D eigenvalue weighted by Gasteiger charge is -2.19. The third-order valence-electron chi connectivity index (χ3n) is 2.08. The third-order valence-corrected chi connectivity index (χ3v) is 2.08. The van der Waals surface area contributed by atoms with Crippen LogP contribution in [0.4, 0.5) is 4.79 Å². The summed E-state index contributed by atoms with van der Waals surface area (Å²) in [6.45, 7) is 5.81. The van der Waals surface area contributed by atoms with Gasteiger partial charge in [0.15, 0.2) is 6.61 Å². The first kappa shape index (κ1) is 15.8. The summed E-state index contributed by atoms with van der Waals surface area (Å²) in [6.07, 6.45) is -0.533. The molecular formula is C14H19N3O3. The Balaban J connectivity index is 2.38. The maximum atomic E-state index is 11.4. The van der Waals surface area contributed by atoms with Crippen LogP contribution in [-0.2, 0) is 11.3 Å².